The lowest BCUT2D eigenvalue weighted by Gasteiger charge is -2.23. The Morgan fingerprint density at radius 1 is 1.27 bits per heavy atom. The number of nitrogens with zero attached hydrogens (tertiary/aromatic N) is 1. The van der Waals surface area contributed by atoms with Crippen LogP contribution in [0.5, 0.6) is 0 Å². The van der Waals surface area contributed by atoms with Crippen LogP contribution in [-0.4, -0.2) is 35.1 Å². The normalized spacial score (nSPS) is 17.1. The van der Waals surface area contributed by atoms with E-state index in [1.54, 1.807) is 18.3 Å². The molecular formula is C20H21N3O2S. The number of nitrogens with one attached hydrogen (secondary N) is 2. The van der Waals surface area contributed by atoms with Crippen LogP contribution in [0.3, 0.4) is 0 Å². The molecule has 1 saturated heterocycles. The van der Waals surface area contributed by atoms with Gasteiger partial charge in [-0.05, 0) is 30.5 Å². The van der Waals surface area contributed by atoms with Gasteiger partial charge in [0.25, 0.3) is 5.91 Å². The lowest BCUT2D eigenvalue weighted by molar-refractivity contribution is -0.124. The van der Waals surface area contributed by atoms with Crippen molar-refractivity contribution in [2.45, 2.75) is 23.9 Å². The maximum absolute atomic E-state index is 12.6. The van der Waals surface area contributed by atoms with Crippen LogP contribution < -0.4 is 10.6 Å². The number of benzene rings is 1. The van der Waals surface area contributed by atoms with E-state index in [4.69, 9.17) is 0 Å². The fourth-order valence-electron chi connectivity index (χ4n) is 2.70. The van der Waals surface area contributed by atoms with Crippen molar-refractivity contribution in [1.82, 2.24) is 15.6 Å². The monoisotopic (exact) mass is 367 g/mol. The summed E-state index contributed by atoms with van der Waals surface area (Å²) in [7, 11) is 0. The first-order chi connectivity index (χ1) is 12.7. The molecule has 0 bridgehead atoms. The molecule has 2 aromatic rings. The molecule has 2 heterocycles. The number of carbonyl (C=O) groups is 2. The molecular weight excluding hydrogens is 346 g/mol. The molecule has 3 rings (SSSR count). The van der Waals surface area contributed by atoms with Crippen molar-refractivity contribution in [3.8, 4) is 0 Å². The predicted molar refractivity (Wildman–Crippen MR) is 104 cm³/mol. The Balaban J connectivity index is 1.61. The number of thioether (sulfide) groups is 1. The van der Waals surface area contributed by atoms with Crippen molar-refractivity contribution in [2.24, 2.45) is 0 Å². The van der Waals surface area contributed by atoms with Crippen LogP contribution in [0.1, 0.15) is 28.8 Å². The Morgan fingerprint density at radius 2 is 2.12 bits per heavy atom. The first-order valence-electron chi connectivity index (χ1n) is 8.62. The number of piperidine rings is 1. The minimum Gasteiger partial charge on any atom is -0.354 e. The second-order valence-electron chi connectivity index (χ2n) is 5.94. The summed E-state index contributed by atoms with van der Waals surface area (Å²) in [6, 6.07) is 13.1. The van der Waals surface area contributed by atoms with Crippen LogP contribution in [0.15, 0.2) is 59.8 Å². The first-order valence-corrected chi connectivity index (χ1v) is 9.60. The number of amides is 2. The zero-order valence-electron chi connectivity index (χ0n) is 14.4. The van der Waals surface area contributed by atoms with Gasteiger partial charge >= 0.3 is 0 Å². The molecule has 1 atom stereocenters. The average molecular weight is 367 g/mol. The Morgan fingerprint density at radius 3 is 2.92 bits per heavy atom. The summed E-state index contributed by atoms with van der Waals surface area (Å²) in [5.41, 5.74) is 1.64. The summed E-state index contributed by atoms with van der Waals surface area (Å²) >= 11 is 1.50. The van der Waals surface area contributed by atoms with Gasteiger partial charge in [-0.3, -0.25) is 9.59 Å². The van der Waals surface area contributed by atoms with Gasteiger partial charge in [-0.15, -0.1) is 11.8 Å². The molecule has 5 nitrogen and oxygen atoms in total. The predicted octanol–water partition coefficient (Wildman–Crippen LogP) is 2.90. The molecule has 0 aliphatic carbocycles. The van der Waals surface area contributed by atoms with Gasteiger partial charge in [-0.2, -0.15) is 0 Å². The van der Waals surface area contributed by atoms with Crippen LogP contribution in [0, 0.1) is 0 Å². The van der Waals surface area contributed by atoms with Gasteiger partial charge in [-0.25, -0.2) is 4.98 Å². The number of aromatic nitrogens is 1. The van der Waals surface area contributed by atoms with Crippen molar-refractivity contribution in [3.05, 3.63) is 65.9 Å². The topological polar surface area (TPSA) is 71.1 Å². The molecule has 0 radical (unpaired) electrons. The highest BCUT2D eigenvalue weighted by Crippen LogP contribution is 2.21. The maximum Gasteiger partial charge on any atom is 0.254 e. The molecule has 1 unspecified atom stereocenters. The Hall–Kier alpha value is -2.60. The van der Waals surface area contributed by atoms with Gasteiger partial charge < -0.3 is 10.6 Å². The second-order valence-corrected chi connectivity index (χ2v) is 6.95. The van der Waals surface area contributed by atoms with E-state index in [1.807, 2.05) is 42.5 Å². The standard InChI is InChI=1S/C20H21N3O2S/c24-18(23-17-11-5-12-21-19(17)25)16-10-4-13-22-20(16)26-14-6-9-15-7-2-1-3-8-15/h1-4,6-10,13,17H,5,11-12,14H2,(H,21,25)(H,23,24). The average Bonchev–Trinajstić information content (AvgIpc) is 2.68. The summed E-state index contributed by atoms with van der Waals surface area (Å²) in [6.45, 7) is 0.674. The third-order valence-corrected chi connectivity index (χ3v) is 4.99. The zero-order valence-corrected chi connectivity index (χ0v) is 15.2. The molecule has 1 aromatic carbocycles. The highest BCUT2D eigenvalue weighted by Gasteiger charge is 2.25. The Labute approximate surface area is 157 Å². The molecule has 1 fully saturated rings. The molecule has 26 heavy (non-hydrogen) atoms. The fourth-order valence-corrected chi connectivity index (χ4v) is 3.50. The largest absolute Gasteiger partial charge is 0.354 e. The van der Waals surface area contributed by atoms with E-state index >= 15 is 0 Å². The van der Waals surface area contributed by atoms with Crippen LogP contribution in [0.2, 0.25) is 0 Å². The van der Waals surface area contributed by atoms with Gasteiger partial charge in [0, 0.05) is 18.5 Å². The van der Waals surface area contributed by atoms with E-state index in [-0.39, 0.29) is 11.8 Å². The van der Waals surface area contributed by atoms with E-state index in [1.165, 1.54) is 11.8 Å². The quantitative estimate of drug-likeness (QED) is 0.770. The highest BCUT2D eigenvalue weighted by atomic mass is 32.2. The molecule has 2 N–H and O–H groups in total. The minimum atomic E-state index is -0.465. The lowest BCUT2D eigenvalue weighted by Crippen LogP contribution is -2.50. The molecule has 1 aromatic heterocycles. The molecule has 1 aliphatic rings. The SMILES string of the molecule is O=C(NC1CCCNC1=O)c1cccnc1SCC=Cc1ccccc1. The third-order valence-electron chi connectivity index (χ3n) is 4.03. The maximum atomic E-state index is 12.6. The van der Waals surface area contributed by atoms with Crippen LogP contribution in [-0.2, 0) is 4.79 Å². The van der Waals surface area contributed by atoms with Crippen LogP contribution >= 0.6 is 11.8 Å². The molecule has 1 aliphatic heterocycles. The summed E-state index contributed by atoms with van der Waals surface area (Å²) < 4.78 is 0. The van der Waals surface area contributed by atoms with E-state index in [0.717, 1.165) is 12.0 Å². The summed E-state index contributed by atoms with van der Waals surface area (Å²) in [5, 5.41) is 6.26. The van der Waals surface area contributed by atoms with E-state index in [2.05, 4.69) is 15.6 Å². The van der Waals surface area contributed by atoms with Crippen molar-refractivity contribution in [3.63, 3.8) is 0 Å². The number of carbonyl (C=O) groups excluding carboxylic acids is 2. The van der Waals surface area contributed by atoms with Crippen molar-refractivity contribution < 1.29 is 9.59 Å². The summed E-state index contributed by atoms with van der Waals surface area (Å²) in [5.74, 6) is 0.332. The molecule has 0 saturated carbocycles. The van der Waals surface area contributed by atoms with E-state index in [0.29, 0.717) is 29.3 Å². The van der Waals surface area contributed by atoms with Crippen molar-refractivity contribution in [1.29, 1.82) is 0 Å². The number of hydrogen-bond donors (Lipinski definition) is 2. The third kappa shape index (κ3) is 4.95. The lowest BCUT2D eigenvalue weighted by atomic mass is 10.1. The first kappa shape index (κ1) is 18.2. The highest BCUT2D eigenvalue weighted by molar-refractivity contribution is 7.99. The van der Waals surface area contributed by atoms with Crippen molar-refractivity contribution >= 4 is 29.7 Å². The van der Waals surface area contributed by atoms with Gasteiger partial charge in [0.1, 0.15) is 11.1 Å². The molecule has 134 valence electrons. The molecule has 6 heteroatoms. The minimum absolute atomic E-state index is 0.117. The number of pyridine rings is 1. The zero-order chi connectivity index (χ0) is 18.2. The van der Waals surface area contributed by atoms with Crippen LogP contribution in [0.25, 0.3) is 6.08 Å². The second kappa shape index (κ2) is 9.20. The number of rotatable bonds is 6. The van der Waals surface area contributed by atoms with Gasteiger partial charge in [0.15, 0.2) is 0 Å². The molecule has 2 amide bonds. The summed E-state index contributed by atoms with van der Waals surface area (Å²) in [4.78, 5) is 28.7. The fraction of sp³-hybridized carbons (Fsp3) is 0.250. The summed E-state index contributed by atoms with van der Waals surface area (Å²) in [6.07, 6.45) is 7.30. The van der Waals surface area contributed by atoms with Gasteiger partial charge in [0.05, 0.1) is 5.56 Å². The van der Waals surface area contributed by atoms with Gasteiger partial charge in [-0.1, -0.05) is 42.5 Å². The Kier molecular flexibility index (Phi) is 6.44. The van der Waals surface area contributed by atoms with Crippen molar-refractivity contribution in [2.75, 3.05) is 12.3 Å². The van der Waals surface area contributed by atoms with E-state index < -0.39 is 6.04 Å². The Bertz CT molecular complexity index is 793. The molecule has 0 spiro atoms. The number of hydrogen-bond acceptors (Lipinski definition) is 4. The van der Waals surface area contributed by atoms with Crippen LogP contribution in [0.4, 0.5) is 0 Å². The van der Waals surface area contributed by atoms with Gasteiger partial charge in [0.2, 0.25) is 5.91 Å². The van der Waals surface area contributed by atoms with E-state index in [9.17, 15) is 9.59 Å². The smallest absolute Gasteiger partial charge is 0.254 e.